The number of rotatable bonds is 1. The third kappa shape index (κ3) is 2.67. The van der Waals surface area contributed by atoms with E-state index in [-0.39, 0.29) is 0 Å². The average Bonchev–Trinajstić information content (AvgIpc) is 2.70. The van der Waals surface area contributed by atoms with E-state index in [2.05, 4.69) is 0 Å². The van der Waals surface area contributed by atoms with E-state index in [9.17, 15) is 26.3 Å². The molecule has 1 aliphatic heterocycles. The summed E-state index contributed by atoms with van der Waals surface area (Å²) in [5.41, 5.74) is 4.55. The number of hydrogen-bond donors (Lipinski definition) is 2. The van der Waals surface area contributed by atoms with Gasteiger partial charge in [0.2, 0.25) is 0 Å². The number of para-hydroxylation sites is 1. The van der Waals surface area contributed by atoms with Gasteiger partial charge in [0.15, 0.2) is 0 Å². The predicted molar refractivity (Wildman–Crippen MR) is 59.2 cm³/mol. The Morgan fingerprint density at radius 2 is 1.60 bits per heavy atom. The second-order valence-corrected chi connectivity index (χ2v) is 4.07. The van der Waals surface area contributed by atoms with Crippen molar-refractivity contribution in [2.75, 3.05) is 5.01 Å². The number of hydrazine groups is 1. The molecule has 20 heavy (non-hydrogen) atoms. The van der Waals surface area contributed by atoms with Crippen molar-refractivity contribution in [2.45, 2.75) is 18.5 Å². The summed E-state index contributed by atoms with van der Waals surface area (Å²) in [6.45, 7) is 0. The zero-order valence-electron chi connectivity index (χ0n) is 9.76. The van der Waals surface area contributed by atoms with Gasteiger partial charge in [-0.15, -0.1) is 0 Å². The molecule has 0 amide bonds. The molecule has 1 aromatic carbocycles. The fourth-order valence-corrected chi connectivity index (χ4v) is 1.79. The van der Waals surface area contributed by atoms with Crippen LogP contribution in [0.4, 0.5) is 32.0 Å². The number of halogens is 6. The lowest BCUT2D eigenvalue weighted by molar-refractivity contribution is -0.137. The molecule has 3 nitrogen and oxygen atoms in total. The topological polar surface area (TPSA) is 41.3 Å². The average molecular weight is 297 g/mol. The first-order valence-corrected chi connectivity index (χ1v) is 5.37. The standard InChI is InChI=1S/C11H9F6N3/c12-10(13,14)6-3-1-2-4-7(6)20-9(18)5-8(19-20)11(15,16)17/h1-5,9,19H,18H2. The largest absolute Gasteiger partial charge is 0.432 e. The minimum absolute atomic E-state index is 0.469. The van der Waals surface area contributed by atoms with Gasteiger partial charge in [0.05, 0.1) is 11.3 Å². The van der Waals surface area contributed by atoms with Crippen LogP contribution in [-0.2, 0) is 6.18 Å². The van der Waals surface area contributed by atoms with Crippen LogP contribution < -0.4 is 16.2 Å². The van der Waals surface area contributed by atoms with E-state index in [0.29, 0.717) is 11.1 Å². The molecule has 0 aliphatic carbocycles. The van der Waals surface area contributed by atoms with Crippen LogP contribution in [0.2, 0.25) is 0 Å². The minimum atomic E-state index is -4.71. The lowest BCUT2D eigenvalue weighted by Gasteiger charge is -2.27. The number of anilines is 1. The summed E-state index contributed by atoms with van der Waals surface area (Å²) in [7, 11) is 0. The highest BCUT2D eigenvalue weighted by atomic mass is 19.4. The van der Waals surface area contributed by atoms with Gasteiger partial charge in [0, 0.05) is 0 Å². The van der Waals surface area contributed by atoms with Crippen LogP contribution in [0.15, 0.2) is 36.0 Å². The Morgan fingerprint density at radius 1 is 1.00 bits per heavy atom. The van der Waals surface area contributed by atoms with Gasteiger partial charge < -0.3 is 5.73 Å². The maximum Gasteiger partial charge on any atom is 0.432 e. The Hall–Kier alpha value is -1.90. The maximum absolute atomic E-state index is 12.8. The molecule has 1 aromatic rings. The molecule has 3 N–H and O–H groups in total. The van der Waals surface area contributed by atoms with Gasteiger partial charge in [0.25, 0.3) is 0 Å². The van der Waals surface area contributed by atoms with Gasteiger partial charge in [-0.1, -0.05) is 12.1 Å². The Labute approximate surface area is 109 Å². The number of allylic oxidation sites excluding steroid dienone is 1. The number of hydrogen-bond acceptors (Lipinski definition) is 3. The maximum atomic E-state index is 12.8. The Morgan fingerprint density at radius 3 is 2.10 bits per heavy atom. The van der Waals surface area contributed by atoms with Crippen molar-refractivity contribution in [3.05, 3.63) is 41.6 Å². The lowest BCUT2D eigenvalue weighted by atomic mass is 10.1. The molecular weight excluding hydrogens is 288 g/mol. The monoisotopic (exact) mass is 297 g/mol. The smallest absolute Gasteiger partial charge is 0.306 e. The molecule has 1 atom stereocenters. The van der Waals surface area contributed by atoms with Crippen LogP contribution in [0, 0.1) is 0 Å². The summed E-state index contributed by atoms with van der Waals surface area (Å²) in [6.07, 6.45) is -10.1. The summed E-state index contributed by atoms with van der Waals surface area (Å²) in [6, 6.07) is 4.24. The van der Waals surface area contributed by atoms with Crippen molar-refractivity contribution >= 4 is 5.69 Å². The second kappa shape index (κ2) is 4.58. The normalized spacial score (nSPS) is 19.9. The van der Waals surface area contributed by atoms with E-state index in [1.807, 2.05) is 5.43 Å². The quantitative estimate of drug-likeness (QED) is 0.783. The first-order valence-electron chi connectivity index (χ1n) is 5.37. The zero-order valence-corrected chi connectivity index (χ0v) is 9.76. The second-order valence-electron chi connectivity index (χ2n) is 4.07. The van der Waals surface area contributed by atoms with E-state index in [4.69, 9.17) is 5.73 Å². The van der Waals surface area contributed by atoms with Gasteiger partial charge in [-0.2, -0.15) is 26.3 Å². The van der Waals surface area contributed by atoms with Gasteiger partial charge in [-0.3, -0.25) is 10.4 Å². The Bertz CT molecular complexity index is 534. The molecule has 0 aromatic heterocycles. The molecule has 0 saturated heterocycles. The van der Waals surface area contributed by atoms with Gasteiger partial charge in [0.1, 0.15) is 11.9 Å². The summed E-state index contributed by atoms with van der Waals surface area (Å²) in [5, 5.41) is 0.631. The van der Waals surface area contributed by atoms with Gasteiger partial charge in [-0.25, -0.2) is 0 Å². The molecule has 2 rings (SSSR count). The lowest BCUT2D eigenvalue weighted by Crippen LogP contribution is -2.45. The van der Waals surface area contributed by atoms with Crippen molar-refractivity contribution in [3.8, 4) is 0 Å². The molecule has 9 heteroatoms. The van der Waals surface area contributed by atoms with Crippen LogP contribution in [0.1, 0.15) is 5.56 Å². The highest BCUT2D eigenvalue weighted by Gasteiger charge is 2.42. The van der Waals surface area contributed by atoms with E-state index >= 15 is 0 Å². The summed E-state index contributed by atoms with van der Waals surface area (Å²) < 4.78 is 76.0. The highest BCUT2D eigenvalue weighted by Crippen LogP contribution is 2.38. The van der Waals surface area contributed by atoms with E-state index < -0.39 is 35.5 Å². The molecular formula is C11H9F6N3. The van der Waals surface area contributed by atoms with Crippen molar-refractivity contribution < 1.29 is 26.3 Å². The summed E-state index contributed by atoms with van der Waals surface area (Å²) in [4.78, 5) is 0. The highest BCUT2D eigenvalue weighted by molar-refractivity contribution is 5.57. The van der Waals surface area contributed by atoms with Crippen LogP contribution in [0.25, 0.3) is 0 Å². The van der Waals surface area contributed by atoms with Gasteiger partial charge in [-0.05, 0) is 18.2 Å². The first-order chi connectivity index (χ1) is 9.10. The summed E-state index contributed by atoms with van der Waals surface area (Å²) in [5.74, 6) is 0. The van der Waals surface area contributed by atoms with E-state index in [1.54, 1.807) is 0 Å². The first kappa shape index (κ1) is 14.5. The van der Waals surface area contributed by atoms with Crippen molar-refractivity contribution in [1.29, 1.82) is 0 Å². The molecule has 0 spiro atoms. The fourth-order valence-electron chi connectivity index (χ4n) is 1.79. The number of alkyl halides is 6. The Kier molecular flexibility index (Phi) is 3.32. The molecule has 0 bridgehead atoms. The minimum Gasteiger partial charge on any atom is -0.306 e. The van der Waals surface area contributed by atoms with Gasteiger partial charge >= 0.3 is 12.4 Å². The molecule has 0 fully saturated rings. The summed E-state index contributed by atoms with van der Waals surface area (Å²) >= 11 is 0. The van der Waals surface area contributed by atoms with Crippen LogP contribution in [0.5, 0.6) is 0 Å². The third-order valence-electron chi connectivity index (χ3n) is 2.65. The number of nitrogens with zero attached hydrogens (tertiary/aromatic N) is 1. The number of nitrogens with two attached hydrogens (primary N) is 1. The van der Waals surface area contributed by atoms with E-state index in [1.165, 1.54) is 6.07 Å². The third-order valence-corrected chi connectivity index (χ3v) is 2.65. The van der Waals surface area contributed by atoms with Crippen molar-refractivity contribution in [1.82, 2.24) is 5.43 Å². The number of benzene rings is 1. The molecule has 1 aliphatic rings. The molecule has 1 unspecified atom stereocenters. The predicted octanol–water partition coefficient (Wildman–Crippen LogP) is 2.76. The molecule has 1 heterocycles. The van der Waals surface area contributed by atoms with E-state index in [0.717, 1.165) is 18.2 Å². The molecule has 0 saturated carbocycles. The van der Waals surface area contributed by atoms with Crippen molar-refractivity contribution in [2.24, 2.45) is 5.73 Å². The van der Waals surface area contributed by atoms with Crippen LogP contribution in [0.3, 0.4) is 0 Å². The number of nitrogens with one attached hydrogen (secondary N) is 1. The Balaban J connectivity index is 2.37. The SMILES string of the molecule is NC1C=C(C(F)(F)F)NN1c1ccccc1C(F)(F)F. The van der Waals surface area contributed by atoms with Crippen LogP contribution >= 0.6 is 0 Å². The zero-order chi connectivity index (χ0) is 15.1. The fraction of sp³-hybridized carbons (Fsp3) is 0.273. The van der Waals surface area contributed by atoms with Crippen molar-refractivity contribution in [3.63, 3.8) is 0 Å². The molecule has 0 radical (unpaired) electrons. The molecule has 110 valence electrons. The van der Waals surface area contributed by atoms with Crippen LogP contribution in [-0.4, -0.2) is 12.3 Å².